The van der Waals surface area contributed by atoms with Crippen LogP contribution in [0.1, 0.15) is 11.6 Å². The van der Waals surface area contributed by atoms with E-state index in [0.717, 1.165) is 0 Å². The largest absolute Gasteiger partial charge is 0.493 e. The van der Waals surface area contributed by atoms with Crippen LogP contribution < -0.4 is 19.9 Å². The Morgan fingerprint density at radius 1 is 1.47 bits per heavy atom. The third-order valence-electron chi connectivity index (χ3n) is 2.48. The minimum absolute atomic E-state index is 0.415. The Labute approximate surface area is 97.9 Å². The SMILES string of the molecule is COc1cc(C(N)C(=O)O)cc2c1OCCO2. The lowest BCUT2D eigenvalue weighted by atomic mass is 10.1. The van der Waals surface area contributed by atoms with Gasteiger partial charge in [0.2, 0.25) is 5.75 Å². The molecule has 1 aliphatic rings. The summed E-state index contributed by atoms with van der Waals surface area (Å²) < 4.78 is 15.9. The van der Waals surface area contributed by atoms with Crippen molar-refractivity contribution < 1.29 is 24.1 Å². The predicted octanol–water partition coefficient (Wildman–Crippen LogP) is 0.551. The normalized spacial score (nSPS) is 15.2. The van der Waals surface area contributed by atoms with E-state index in [9.17, 15) is 4.79 Å². The van der Waals surface area contributed by atoms with Gasteiger partial charge >= 0.3 is 5.97 Å². The van der Waals surface area contributed by atoms with Crippen LogP contribution in [0.4, 0.5) is 0 Å². The predicted molar refractivity (Wildman–Crippen MR) is 58.5 cm³/mol. The summed E-state index contributed by atoms with van der Waals surface area (Å²) in [5, 5.41) is 8.87. The van der Waals surface area contributed by atoms with Crippen LogP contribution in [-0.4, -0.2) is 31.4 Å². The van der Waals surface area contributed by atoms with E-state index in [-0.39, 0.29) is 0 Å². The molecule has 1 atom stereocenters. The van der Waals surface area contributed by atoms with Gasteiger partial charge in [0.05, 0.1) is 7.11 Å². The first-order valence-corrected chi connectivity index (χ1v) is 5.09. The summed E-state index contributed by atoms with van der Waals surface area (Å²) in [4.78, 5) is 10.8. The average molecular weight is 239 g/mol. The third kappa shape index (κ3) is 2.12. The Bertz CT molecular complexity index is 428. The topological polar surface area (TPSA) is 91.0 Å². The number of hydrogen-bond acceptors (Lipinski definition) is 5. The van der Waals surface area contributed by atoms with Gasteiger partial charge in [-0.3, -0.25) is 4.79 Å². The zero-order valence-electron chi connectivity index (χ0n) is 9.30. The van der Waals surface area contributed by atoms with Crippen molar-refractivity contribution in [3.63, 3.8) is 0 Å². The molecule has 0 fully saturated rings. The molecule has 1 aromatic carbocycles. The third-order valence-corrected chi connectivity index (χ3v) is 2.48. The van der Waals surface area contributed by atoms with Crippen molar-refractivity contribution >= 4 is 5.97 Å². The number of methoxy groups -OCH3 is 1. The number of fused-ring (bicyclic) bond motifs is 1. The summed E-state index contributed by atoms with van der Waals surface area (Å²) in [5.74, 6) is 0.264. The van der Waals surface area contributed by atoms with Gasteiger partial charge in [-0.15, -0.1) is 0 Å². The summed E-state index contributed by atoms with van der Waals surface area (Å²) in [6.45, 7) is 0.857. The average Bonchev–Trinajstić information content (AvgIpc) is 2.36. The second-order valence-electron chi connectivity index (χ2n) is 3.56. The molecule has 92 valence electrons. The van der Waals surface area contributed by atoms with Crippen molar-refractivity contribution in [2.24, 2.45) is 5.73 Å². The highest BCUT2D eigenvalue weighted by Gasteiger charge is 2.23. The minimum atomic E-state index is -1.11. The quantitative estimate of drug-likeness (QED) is 0.800. The Morgan fingerprint density at radius 3 is 2.82 bits per heavy atom. The lowest BCUT2D eigenvalue weighted by molar-refractivity contribution is -0.138. The van der Waals surface area contributed by atoms with Gasteiger partial charge in [0, 0.05) is 0 Å². The second-order valence-corrected chi connectivity index (χ2v) is 3.56. The Balaban J connectivity index is 2.46. The van der Waals surface area contributed by atoms with Crippen LogP contribution in [0.15, 0.2) is 12.1 Å². The molecule has 0 radical (unpaired) electrons. The van der Waals surface area contributed by atoms with Crippen LogP contribution in [0.3, 0.4) is 0 Å². The summed E-state index contributed by atoms with van der Waals surface area (Å²) in [5.41, 5.74) is 5.96. The van der Waals surface area contributed by atoms with E-state index >= 15 is 0 Å². The molecule has 1 aliphatic heterocycles. The molecule has 0 aliphatic carbocycles. The first-order chi connectivity index (χ1) is 8.13. The number of carboxylic acids is 1. The highest BCUT2D eigenvalue weighted by Crippen LogP contribution is 2.41. The fraction of sp³-hybridized carbons (Fsp3) is 0.364. The maximum absolute atomic E-state index is 10.8. The van der Waals surface area contributed by atoms with Crippen molar-refractivity contribution in [3.05, 3.63) is 17.7 Å². The Kier molecular flexibility index (Phi) is 3.06. The maximum Gasteiger partial charge on any atom is 0.325 e. The van der Waals surface area contributed by atoms with Crippen LogP contribution >= 0.6 is 0 Å². The van der Waals surface area contributed by atoms with E-state index in [2.05, 4.69) is 0 Å². The van der Waals surface area contributed by atoms with Crippen molar-refractivity contribution in [1.82, 2.24) is 0 Å². The summed E-state index contributed by atoms with van der Waals surface area (Å²) in [6.07, 6.45) is 0. The summed E-state index contributed by atoms with van der Waals surface area (Å²) in [7, 11) is 1.48. The molecule has 6 nitrogen and oxygen atoms in total. The van der Waals surface area contributed by atoms with E-state index in [1.54, 1.807) is 12.1 Å². The van der Waals surface area contributed by atoms with Gasteiger partial charge in [0.1, 0.15) is 19.3 Å². The van der Waals surface area contributed by atoms with Gasteiger partial charge in [-0.1, -0.05) is 0 Å². The molecule has 0 amide bonds. The maximum atomic E-state index is 10.8. The monoisotopic (exact) mass is 239 g/mol. The number of nitrogens with two attached hydrogens (primary N) is 1. The Morgan fingerprint density at radius 2 is 2.18 bits per heavy atom. The van der Waals surface area contributed by atoms with Gasteiger partial charge < -0.3 is 25.1 Å². The zero-order chi connectivity index (χ0) is 12.4. The van der Waals surface area contributed by atoms with Crippen LogP contribution in [0.2, 0.25) is 0 Å². The zero-order valence-corrected chi connectivity index (χ0v) is 9.30. The van der Waals surface area contributed by atoms with Crippen molar-refractivity contribution in [2.45, 2.75) is 6.04 Å². The lowest BCUT2D eigenvalue weighted by Crippen LogP contribution is -2.22. The first kappa shape index (κ1) is 11.5. The van der Waals surface area contributed by atoms with E-state index in [1.165, 1.54) is 7.11 Å². The molecular formula is C11H13NO5. The highest BCUT2D eigenvalue weighted by atomic mass is 16.6. The molecule has 6 heteroatoms. The number of aliphatic carboxylic acids is 1. The number of hydrogen-bond donors (Lipinski definition) is 2. The van der Waals surface area contributed by atoms with Gasteiger partial charge in [0.15, 0.2) is 11.5 Å². The number of benzene rings is 1. The van der Waals surface area contributed by atoms with Gasteiger partial charge in [-0.2, -0.15) is 0 Å². The van der Waals surface area contributed by atoms with E-state index in [1.807, 2.05) is 0 Å². The molecule has 0 saturated heterocycles. The molecule has 0 spiro atoms. The molecule has 0 aromatic heterocycles. The standard InChI is InChI=1S/C11H13NO5/c1-15-7-4-6(9(12)11(13)14)5-8-10(7)17-3-2-16-8/h4-5,9H,2-3,12H2,1H3,(H,13,14). The van der Waals surface area contributed by atoms with Crippen LogP contribution in [-0.2, 0) is 4.79 Å². The number of carboxylic acid groups (broad SMARTS) is 1. The fourth-order valence-electron chi connectivity index (χ4n) is 1.62. The van der Waals surface area contributed by atoms with Gasteiger partial charge in [-0.05, 0) is 17.7 Å². The molecule has 1 heterocycles. The summed E-state index contributed by atoms with van der Waals surface area (Å²) in [6, 6.07) is 2.00. The fourth-order valence-corrected chi connectivity index (χ4v) is 1.62. The second kappa shape index (κ2) is 4.50. The van der Waals surface area contributed by atoms with Crippen molar-refractivity contribution in [1.29, 1.82) is 0 Å². The molecule has 1 aromatic rings. The molecule has 17 heavy (non-hydrogen) atoms. The number of rotatable bonds is 3. The molecular weight excluding hydrogens is 226 g/mol. The van der Waals surface area contributed by atoms with Crippen LogP contribution in [0.25, 0.3) is 0 Å². The number of carbonyl (C=O) groups is 1. The van der Waals surface area contributed by atoms with Crippen LogP contribution in [0, 0.1) is 0 Å². The lowest BCUT2D eigenvalue weighted by Gasteiger charge is -2.22. The minimum Gasteiger partial charge on any atom is -0.493 e. The molecule has 0 bridgehead atoms. The van der Waals surface area contributed by atoms with E-state index in [4.69, 9.17) is 25.1 Å². The van der Waals surface area contributed by atoms with Crippen LogP contribution in [0.5, 0.6) is 17.2 Å². The van der Waals surface area contributed by atoms with E-state index < -0.39 is 12.0 Å². The molecule has 0 saturated carbocycles. The Hall–Kier alpha value is -1.95. The van der Waals surface area contributed by atoms with Crippen molar-refractivity contribution in [2.75, 3.05) is 20.3 Å². The van der Waals surface area contributed by atoms with Gasteiger partial charge in [0.25, 0.3) is 0 Å². The molecule has 1 unspecified atom stereocenters. The van der Waals surface area contributed by atoms with Crippen molar-refractivity contribution in [3.8, 4) is 17.2 Å². The molecule has 2 rings (SSSR count). The number of ether oxygens (including phenoxy) is 3. The first-order valence-electron chi connectivity index (χ1n) is 5.09. The van der Waals surface area contributed by atoms with Gasteiger partial charge in [-0.25, -0.2) is 0 Å². The molecule has 3 N–H and O–H groups in total. The highest BCUT2D eigenvalue weighted by molar-refractivity contribution is 5.76. The summed E-state index contributed by atoms with van der Waals surface area (Å²) >= 11 is 0. The van der Waals surface area contributed by atoms with E-state index in [0.29, 0.717) is 36.0 Å². The smallest absolute Gasteiger partial charge is 0.325 e.